The van der Waals surface area contributed by atoms with Crippen LogP contribution < -0.4 is 5.73 Å². The molecule has 2 N–H and O–H groups in total. The van der Waals surface area contributed by atoms with Gasteiger partial charge in [0, 0.05) is 38.0 Å². The van der Waals surface area contributed by atoms with Gasteiger partial charge < -0.3 is 10.6 Å². The van der Waals surface area contributed by atoms with Crippen LogP contribution in [0.25, 0.3) is 0 Å². The summed E-state index contributed by atoms with van der Waals surface area (Å²) in [5.74, 6) is -0.514. The van der Waals surface area contributed by atoms with E-state index in [2.05, 4.69) is 0 Å². The first-order valence-electron chi connectivity index (χ1n) is 6.61. The molecule has 0 radical (unpaired) electrons. The predicted molar refractivity (Wildman–Crippen MR) is 69.5 cm³/mol. The molecule has 0 atom stereocenters. The fraction of sp³-hybridized carbons (Fsp3) is 0.500. The Morgan fingerprint density at radius 3 is 2.43 bits per heavy atom. The lowest BCUT2D eigenvalue weighted by Crippen LogP contribution is -2.47. The molecule has 1 aliphatic rings. The Hall–Kier alpha value is -1.63. The van der Waals surface area contributed by atoms with Gasteiger partial charge in [0.05, 0.1) is 5.56 Å². The second-order valence-electron chi connectivity index (χ2n) is 5.23. The van der Waals surface area contributed by atoms with Crippen molar-refractivity contribution in [2.24, 2.45) is 5.73 Å². The number of amides is 1. The van der Waals surface area contributed by atoms with Crippen LogP contribution in [0, 0.1) is 0 Å². The van der Waals surface area contributed by atoms with Gasteiger partial charge in [0.15, 0.2) is 0 Å². The van der Waals surface area contributed by atoms with Crippen molar-refractivity contribution >= 4 is 5.91 Å². The average Bonchev–Trinajstić information content (AvgIpc) is 2.47. The number of hydrogen-bond acceptors (Lipinski definition) is 2. The molecule has 1 fully saturated rings. The van der Waals surface area contributed by atoms with Crippen molar-refractivity contribution < 1.29 is 22.4 Å². The van der Waals surface area contributed by atoms with Crippen molar-refractivity contribution in [3.05, 3.63) is 35.4 Å². The molecule has 1 amide bonds. The molecule has 1 aliphatic heterocycles. The Labute approximate surface area is 119 Å². The molecule has 1 aromatic rings. The zero-order chi connectivity index (χ0) is 15.7. The lowest BCUT2D eigenvalue weighted by atomic mass is 9.93. The summed E-state index contributed by atoms with van der Waals surface area (Å²) in [5.41, 5.74) is 2.95. The van der Waals surface area contributed by atoms with Crippen molar-refractivity contribution in [1.82, 2.24) is 4.90 Å². The van der Waals surface area contributed by atoms with E-state index in [0.717, 1.165) is 12.1 Å². The highest BCUT2D eigenvalue weighted by molar-refractivity contribution is 5.94. The van der Waals surface area contributed by atoms with E-state index in [1.165, 1.54) is 17.0 Å². The Balaban J connectivity index is 2.11. The van der Waals surface area contributed by atoms with Crippen LogP contribution in [0.5, 0.6) is 0 Å². The van der Waals surface area contributed by atoms with Crippen LogP contribution >= 0.6 is 0 Å². The first kappa shape index (κ1) is 15.8. The van der Waals surface area contributed by atoms with Crippen molar-refractivity contribution in [3.8, 4) is 0 Å². The van der Waals surface area contributed by atoms with E-state index >= 15 is 0 Å². The van der Waals surface area contributed by atoms with Gasteiger partial charge in [-0.05, 0) is 18.2 Å². The average molecular weight is 304 g/mol. The SMILES string of the molecule is NCC1(F)CCN(C(=O)c2cccc(C(F)(F)F)c2)CC1. The first-order valence-corrected chi connectivity index (χ1v) is 6.61. The van der Waals surface area contributed by atoms with Gasteiger partial charge in [0.2, 0.25) is 0 Å². The summed E-state index contributed by atoms with van der Waals surface area (Å²) in [6.07, 6.45) is -4.28. The van der Waals surface area contributed by atoms with E-state index in [9.17, 15) is 22.4 Å². The van der Waals surface area contributed by atoms with E-state index < -0.39 is 23.3 Å². The van der Waals surface area contributed by atoms with Crippen LogP contribution in [0.3, 0.4) is 0 Å². The zero-order valence-electron chi connectivity index (χ0n) is 11.3. The number of carbonyl (C=O) groups is 1. The van der Waals surface area contributed by atoms with E-state index in [-0.39, 0.29) is 38.0 Å². The second-order valence-corrected chi connectivity index (χ2v) is 5.23. The lowest BCUT2D eigenvalue weighted by molar-refractivity contribution is -0.137. The normalized spacial score (nSPS) is 18.6. The monoisotopic (exact) mass is 304 g/mol. The highest BCUT2D eigenvalue weighted by atomic mass is 19.4. The van der Waals surface area contributed by atoms with Crippen LogP contribution in [-0.2, 0) is 6.18 Å². The fourth-order valence-corrected chi connectivity index (χ4v) is 2.33. The van der Waals surface area contributed by atoms with Crippen molar-refractivity contribution in [2.75, 3.05) is 19.6 Å². The number of piperidine rings is 1. The molecule has 0 bridgehead atoms. The number of rotatable bonds is 2. The number of nitrogens with zero attached hydrogens (tertiary/aromatic N) is 1. The predicted octanol–water partition coefficient (Wildman–Crippen LogP) is 2.61. The maximum atomic E-state index is 13.9. The van der Waals surface area contributed by atoms with Crippen LogP contribution in [-0.4, -0.2) is 36.1 Å². The molecule has 1 heterocycles. The van der Waals surface area contributed by atoms with Gasteiger partial charge in [0.1, 0.15) is 5.67 Å². The molecule has 3 nitrogen and oxygen atoms in total. The van der Waals surface area contributed by atoms with Crippen molar-refractivity contribution in [2.45, 2.75) is 24.7 Å². The molecule has 7 heteroatoms. The van der Waals surface area contributed by atoms with Gasteiger partial charge in [-0.3, -0.25) is 4.79 Å². The zero-order valence-corrected chi connectivity index (χ0v) is 11.3. The maximum absolute atomic E-state index is 13.9. The summed E-state index contributed by atoms with van der Waals surface area (Å²) in [6, 6.07) is 4.26. The summed E-state index contributed by atoms with van der Waals surface area (Å²) in [4.78, 5) is 13.5. The third-order valence-electron chi connectivity index (χ3n) is 3.75. The number of alkyl halides is 4. The van der Waals surface area contributed by atoms with E-state index in [0.29, 0.717) is 0 Å². The molecular formula is C14H16F4N2O. The second kappa shape index (κ2) is 5.63. The quantitative estimate of drug-likeness (QED) is 0.854. The van der Waals surface area contributed by atoms with Gasteiger partial charge in [-0.25, -0.2) is 4.39 Å². The third-order valence-corrected chi connectivity index (χ3v) is 3.75. The molecule has 0 unspecified atom stereocenters. The standard InChI is InChI=1S/C14H16F4N2O/c15-13(9-19)4-6-20(7-5-13)12(21)10-2-1-3-11(8-10)14(16,17)18/h1-3,8H,4-7,9,19H2. The molecule has 1 aromatic carbocycles. The minimum Gasteiger partial charge on any atom is -0.338 e. The van der Waals surface area contributed by atoms with Crippen LogP contribution in [0.4, 0.5) is 17.6 Å². The lowest BCUT2D eigenvalue weighted by Gasteiger charge is -2.35. The Morgan fingerprint density at radius 1 is 1.29 bits per heavy atom. The Kier molecular flexibility index (Phi) is 4.22. The maximum Gasteiger partial charge on any atom is 0.416 e. The smallest absolute Gasteiger partial charge is 0.338 e. The molecular weight excluding hydrogens is 288 g/mol. The molecule has 0 saturated carbocycles. The minimum atomic E-state index is -4.49. The molecule has 2 rings (SSSR count). The molecule has 116 valence electrons. The van der Waals surface area contributed by atoms with Gasteiger partial charge in [-0.2, -0.15) is 13.2 Å². The molecule has 0 aliphatic carbocycles. The number of halogens is 4. The summed E-state index contributed by atoms with van der Waals surface area (Å²) in [6.45, 7) is 0.199. The Bertz CT molecular complexity index is 522. The topological polar surface area (TPSA) is 46.3 Å². The van der Waals surface area contributed by atoms with Gasteiger partial charge in [-0.15, -0.1) is 0 Å². The molecule has 1 saturated heterocycles. The number of nitrogens with two attached hydrogens (primary N) is 1. The largest absolute Gasteiger partial charge is 0.416 e. The minimum absolute atomic E-state index is 0.0380. The van der Waals surface area contributed by atoms with Gasteiger partial charge >= 0.3 is 6.18 Å². The number of likely N-dealkylation sites (tertiary alicyclic amines) is 1. The fourth-order valence-electron chi connectivity index (χ4n) is 2.33. The summed E-state index contributed by atoms with van der Waals surface area (Å²) < 4.78 is 51.8. The first-order chi connectivity index (χ1) is 9.75. The molecule has 0 spiro atoms. The van der Waals surface area contributed by atoms with Gasteiger partial charge in [0.25, 0.3) is 5.91 Å². The van der Waals surface area contributed by atoms with E-state index in [4.69, 9.17) is 5.73 Å². The summed E-state index contributed by atoms with van der Waals surface area (Å²) >= 11 is 0. The number of hydrogen-bond donors (Lipinski definition) is 1. The van der Waals surface area contributed by atoms with E-state index in [1.807, 2.05) is 0 Å². The van der Waals surface area contributed by atoms with E-state index in [1.54, 1.807) is 0 Å². The Morgan fingerprint density at radius 2 is 1.90 bits per heavy atom. The highest BCUT2D eigenvalue weighted by Gasteiger charge is 2.35. The summed E-state index contributed by atoms with van der Waals surface area (Å²) in [7, 11) is 0. The van der Waals surface area contributed by atoms with Crippen LogP contribution in [0.2, 0.25) is 0 Å². The summed E-state index contributed by atoms with van der Waals surface area (Å²) in [5, 5.41) is 0. The van der Waals surface area contributed by atoms with Crippen molar-refractivity contribution in [1.29, 1.82) is 0 Å². The number of benzene rings is 1. The van der Waals surface area contributed by atoms with Crippen LogP contribution in [0.15, 0.2) is 24.3 Å². The molecule has 21 heavy (non-hydrogen) atoms. The highest BCUT2D eigenvalue weighted by Crippen LogP contribution is 2.30. The molecule has 0 aromatic heterocycles. The third kappa shape index (κ3) is 3.53. The van der Waals surface area contributed by atoms with Crippen molar-refractivity contribution in [3.63, 3.8) is 0 Å². The number of carbonyl (C=O) groups excluding carboxylic acids is 1. The van der Waals surface area contributed by atoms with Gasteiger partial charge in [-0.1, -0.05) is 6.07 Å². The van der Waals surface area contributed by atoms with Crippen LogP contribution in [0.1, 0.15) is 28.8 Å².